The molecule has 1 aliphatic heterocycles. The highest BCUT2D eigenvalue weighted by Gasteiger charge is 2.37. The third-order valence-corrected chi connectivity index (χ3v) is 4.21. The second-order valence-electron chi connectivity index (χ2n) is 5.15. The van der Waals surface area contributed by atoms with E-state index in [1.165, 1.54) is 25.3 Å². The molecule has 0 unspecified atom stereocenters. The van der Waals surface area contributed by atoms with Crippen LogP contribution in [0.3, 0.4) is 0 Å². The number of benzene rings is 2. The lowest BCUT2D eigenvalue weighted by Gasteiger charge is -2.10. The van der Waals surface area contributed by atoms with Gasteiger partial charge in [-0.15, -0.1) is 0 Å². The van der Waals surface area contributed by atoms with Crippen molar-refractivity contribution in [2.24, 2.45) is 0 Å². The molecule has 0 aromatic heterocycles. The molecule has 25 heavy (non-hydrogen) atoms. The Morgan fingerprint density at radius 2 is 2.00 bits per heavy atom. The summed E-state index contributed by atoms with van der Waals surface area (Å²) in [6.07, 6.45) is -0.0247. The first-order valence-electron chi connectivity index (χ1n) is 6.95. The highest BCUT2D eigenvalue weighted by Crippen LogP contribution is 2.40. The summed E-state index contributed by atoms with van der Waals surface area (Å²) in [4.78, 5) is 24.6. The van der Waals surface area contributed by atoms with E-state index in [0.29, 0.717) is 21.0 Å². The second-order valence-corrected chi connectivity index (χ2v) is 5.99. The number of imide groups is 1. The number of anilines is 1. The predicted octanol–water partition coefficient (Wildman–Crippen LogP) is 4.71. The molecule has 0 fully saturated rings. The summed E-state index contributed by atoms with van der Waals surface area (Å²) in [5.74, 6) is -1.25. The molecule has 1 N–H and O–H groups in total. The number of carbonyl (C=O) groups is 2. The van der Waals surface area contributed by atoms with Crippen LogP contribution in [-0.4, -0.2) is 24.2 Å². The number of methoxy groups -OCH3 is 1. The minimum atomic E-state index is -1.43. The molecule has 0 spiro atoms. The number of amides is 2. The van der Waals surface area contributed by atoms with E-state index in [9.17, 15) is 19.1 Å². The van der Waals surface area contributed by atoms with Gasteiger partial charge >= 0.3 is 6.09 Å². The van der Waals surface area contributed by atoms with Crippen LogP contribution in [0, 0.1) is 5.82 Å². The van der Waals surface area contributed by atoms with E-state index in [2.05, 4.69) is 0 Å². The Hall–Kier alpha value is -2.57. The Balaban J connectivity index is 2.22. The fourth-order valence-electron chi connectivity index (χ4n) is 2.58. The molecule has 0 aliphatic carbocycles. The van der Waals surface area contributed by atoms with Gasteiger partial charge in [0.15, 0.2) is 0 Å². The third-order valence-electron chi connectivity index (χ3n) is 3.69. The molecule has 1 aliphatic rings. The van der Waals surface area contributed by atoms with Crippen LogP contribution >= 0.6 is 23.2 Å². The van der Waals surface area contributed by atoms with Crippen molar-refractivity contribution in [2.45, 2.75) is 0 Å². The molecule has 0 bridgehead atoms. The first-order chi connectivity index (χ1) is 11.8. The third kappa shape index (κ3) is 2.94. The van der Waals surface area contributed by atoms with Crippen LogP contribution in [-0.2, 0) is 4.79 Å². The first kappa shape index (κ1) is 17.3. The van der Waals surface area contributed by atoms with E-state index in [4.69, 9.17) is 27.9 Å². The minimum absolute atomic E-state index is 0.107. The van der Waals surface area contributed by atoms with Crippen LogP contribution in [0.15, 0.2) is 30.3 Å². The van der Waals surface area contributed by atoms with Crippen LogP contribution in [0.25, 0.3) is 11.6 Å². The van der Waals surface area contributed by atoms with Gasteiger partial charge in [0.05, 0.1) is 23.4 Å². The van der Waals surface area contributed by atoms with Crippen molar-refractivity contribution in [1.82, 2.24) is 0 Å². The number of nitrogens with zero attached hydrogens (tertiary/aromatic N) is 1. The molecule has 2 amide bonds. The summed E-state index contributed by atoms with van der Waals surface area (Å²) in [6, 6.07) is 6.86. The zero-order valence-corrected chi connectivity index (χ0v) is 14.2. The van der Waals surface area contributed by atoms with Gasteiger partial charge in [-0.25, -0.2) is 14.1 Å². The van der Waals surface area contributed by atoms with E-state index >= 15 is 0 Å². The fraction of sp³-hybridized carbons (Fsp3) is 0.0588. The van der Waals surface area contributed by atoms with Gasteiger partial charge in [-0.05, 0) is 24.3 Å². The first-order valence-corrected chi connectivity index (χ1v) is 7.71. The molecular weight excluding hydrogens is 372 g/mol. The van der Waals surface area contributed by atoms with E-state index in [0.717, 1.165) is 6.07 Å². The normalized spacial score (nSPS) is 14.8. The lowest BCUT2D eigenvalue weighted by atomic mass is 10.0. The summed E-state index contributed by atoms with van der Waals surface area (Å²) in [5.41, 5.74) is 0.989. The zero-order valence-electron chi connectivity index (χ0n) is 12.7. The number of ether oxygens (including phenoxy) is 1. The monoisotopic (exact) mass is 381 g/mol. The molecule has 8 heteroatoms. The quantitative estimate of drug-likeness (QED) is 0.765. The minimum Gasteiger partial charge on any atom is -0.496 e. The van der Waals surface area contributed by atoms with Crippen molar-refractivity contribution < 1.29 is 23.8 Å². The van der Waals surface area contributed by atoms with Gasteiger partial charge in [0.1, 0.15) is 11.6 Å². The molecule has 128 valence electrons. The Bertz CT molecular complexity index is 942. The van der Waals surface area contributed by atoms with E-state index in [1.54, 1.807) is 12.1 Å². The maximum Gasteiger partial charge on any atom is 0.419 e. The number of hydrogen-bond donors (Lipinski definition) is 1. The van der Waals surface area contributed by atoms with Crippen LogP contribution in [0.4, 0.5) is 14.9 Å². The topological polar surface area (TPSA) is 66.8 Å². The summed E-state index contributed by atoms with van der Waals surface area (Å²) >= 11 is 11.7. The van der Waals surface area contributed by atoms with Gasteiger partial charge in [0, 0.05) is 22.2 Å². The summed E-state index contributed by atoms with van der Waals surface area (Å²) in [6.45, 7) is 0. The summed E-state index contributed by atoms with van der Waals surface area (Å²) in [7, 11) is 1.35. The molecule has 0 radical (unpaired) electrons. The van der Waals surface area contributed by atoms with Crippen LogP contribution in [0.5, 0.6) is 5.75 Å². The average molecular weight is 382 g/mol. The van der Waals surface area contributed by atoms with Gasteiger partial charge in [0.25, 0.3) is 5.91 Å². The van der Waals surface area contributed by atoms with Crippen molar-refractivity contribution in [3.05, 3.63) is 57.3 Å². The second kappa shape index (κ2) is 6.38. The molecule has 5 nitrogen and oxygen atoms in total. The van der Waals surface area contributed by atoms with Crippen molar-refractivity contribution in [2.75, 3.05) is 12.0 Å². The van der Waals surface area contributed by atoms with Crippen molar-refractivity contribution >= 4 is 52.5 Å². The molecule has 2 aromatic carbocycles. The maximum atomic E-state index is 13.6. The Morgan fingerprint density at radius 1 is 1.28 bits per heavy atom. The SMILES string of the molecule is COc1cc(F)c(Cl)cc1C=C1C(=O)N(C(=O)O)c2cc(Cl)ccc21. The van der Waals surface area contributed by atoms with Crippen molar-refractivity contribution in [3.63, 3.8) is 0 Å². The van der Waals surface area contributed by atoms with Gasteiger partial charge in [-0.2, -0.15) is 0 Å². The number of hydrogen-bond acceptors (Lipinski definition) is 3. The number of halogens is 3. The lowest BCUT2D eigenvalue weighted by molar-refractivity contribution is -0.112. The molecule has 2 aromatic rings. The number of fused-ring (bicyclic) bond motifs is 1. The Labute approximate surface area is 151 Å². The Kier molecular flexibility index (Phi) is 4.41. The summed E-state index contributed by atoms with van der Waals surface area (Å²) < 4.78 is 18.7. The van der Waals surface area contributed by atoms with Crippen LogP contribution in [0.1, 0.15) is 11.1 Å². The van der Waals surface area contributed by atoms with Gasteiger partial charge < -0.3 is 9.84 Å². The van der Waals surface area contributed by atoms with Crippen LogP contribution in [0.2, 0.25) is 10.0 Å². The highest BCUT2D eigenvalue weighted by molar-refractivity contribution is 6.42. The highest BCUT2D eigenvalue weighted by atomic mass is 35.5. The molecule has 0 atom stereocenters. The van der Waals surface area contributed by atoms with Gasteiger partial charge in [0.2, 0.25) is 0 Å². The molecule has 1 heterocycles. The Morgan fingerprint density at radius 3 is 2.64 bits per heavy atom. The van der Waals surface area contributed by atoms with Gasteiger partial charge in [-0.1, -0.05) is 29.3 Å². The fourth-order valence-corrected chi connectivity index (χ4v) is 2.92. The molecular formula is C17H10Cl2FNO4. The summed E-state index contributed by atoms with van der Waals surface area (Å²) in [5, 5.41) is 9.47. The largest absolute Gasteiger partial charge is 0.496 e. The molecule has 0 saturated carbocycles. The average Bonchev–Trinajstić information content (AvgIpc) is 2.82. The van der Waals surface area contributed by atoms with Crippen molar-refractivity contribution in [3.8, 4) is 5.75 Å². The van der Waals surface area contributed by atoms with Crippen LogP contribution < -0.4 is 9.64 Å². The van der Waals surface area contributed by atoms with Gasteiger partial charge in [-0.3, -0.25) is 4.79 Å². The standard InChI is InChI=1S/C17H10Cl2FNO4/c1-25-15-7-13(20)12(19)5-8(15)4-11-10-3-2-9(18)6-14(10)21(16(11)22)17(23)24/h2-7H,1H3,(H,23,24). The maximum absolute atomic E-state index is 13.6. The zero-order chi connectivity index (χ0) is 18.3. The molecule has 0 saturated heterocycles. The molecule has 3 rings (SSSR count). The van der Waals surface area contributed by atoms with Crippen molar-refractivity contribution in [1.29, 1.82) is 0 Å². The lowest BCUT2D eigenvalue weighted by Crippen LogP contribution is -2.31. The smallest absolute Gasteiger partial charge is 0.419 e. The van der Waals surface area contributed by atoms with E-state index in [1.807, 2.05) is 0 Å². The van der Waals surface area contributed by atoms with E-state index < -0.39 is 17.8 Å². The number of carboxylic acid groups (broad SMARTS) is 1. The van der Waals surface area contributed by atoms with E-state index in [-0.39, 0.29) is 22.0 Å². The number of carbonyl (C=O) groups excluding carboxylic acids is 1. The predicted molar refractivity (Wildman–Crippen MR) is 92.8 cm³/mol. The number of rotatable bonds is 2.